The summed E-state index contributed by atoms with van der Waals surface area (Å²) >= 11 is 0. The van der Waals surface area contributed by atoms with Gasteiger partial charge < -0.3 is 34.4 Å². The third-order valence-corrected chi connectivity index (χ3v) is 7.98. The zero-order chi connectivity index (χ0) is 28.4. The maximum absolute atomic E-state index is 14.5. The SMILES string of the molecule is COc1ccc(N2C/C=C\CCC(=O)NC[C@H](C)OC(=O)[C@@H]3[C@H]4C(=O)N(CCCO)[C@H](C2=O)[C@]42C=C[C@H]3O2)cc1. The second-order valence-corrected chi connectivity index (χ2v) is 10.5. The molecule has 214 valence electrons. The zero-order valence-electron chi connectivity index (χ0n) is 22.7. The molecule has 0 saturated carbocycles. The van der Waals surface area contributed by atoms with Crippen LogP contribution in [0.15, 0.2) is 48.6 Å². The van der Waals surface area contributed by atoms with Gasteiger partial charge in [0.1, 0.15) is 29.4 Å². The van der Waals surface area contributed by atoms with Crippen LogP contribution in [-0.4, -0.2) is 90.9 Å². The van der Waals surface area contributed by atoms with E-state index in [0.717, 1.165) is 0 Å². The first-order valence-electron chi connectivity index (χ1n) is 13.7. The van der Waals surface area contributed by atoms with Crippen molar-refractivity contribution in [1.82, 2.24) is 10.2 Å². The van der Waals surface area contributed by atoms with Gasteiger partial charge >= 0.3 is 5.97 Å². The predicted molar refractivity (Wildman–Crippen MR) is 143 cm³/mol. The molecule has 40 heavy (non-hydrogen) atoms. The molecule has 1 spiro atoms. The number of rotatable bonds is 5. The molecular formula is C29H35N3O8. The monoisotopic (exact) mass is 553 g/mol. The average Bonchev–Trinajstić information content (AvgIpc) is 3.59. The van der Waals surface area contributed by atoms with Crippen LogP contribution in [0.4, 0.5) is 5.69 Å². The topological polar surface area (TPSA) is 135 Å². The highest BCUT2D eigenvalue weighted by molar-refractivity contribution is 6.05. The molecule has 2 N–H and O–H groups in total. The van der Waals surface area contributed by atoms with E-state index in [1.807, 2.05) is 12.2 Å². The number of cyclic esters (lactones) is 1. The summed E-state index contributed by atoms with van der Waals surface area (Å²) < 4.78 is 17.3. The summed E-state index contributed by atoms with van der Waals surface area (Å²) in [4.78, 5) is 57.1. The summed E-state index contributed by atoms with van der Waals surface area (Å²) in [6.45, 7) is 1.96. The minimum atomic E-state index is -1.35. The highest BCUT2D eigenvalue weighted by Gasteiger charge is 2.73. The van der Waals surface area contributed by atoms with Crippen LogP contribution < -0.4 is 15.0 Å². The lowest BCUT2D eigenvalue weighted by molar-refractivity contribution is -0.158. The van der Waals surface area contributed by atoms with Gasteiger partial charge in [0.25, 0.3) is 5.91 Å². The molecular weight excluding hydrogens is 518 g/mol. The van der Waals surface area contributed by atoms with E-state index in [2.05, 4.69) is 5.32 Å². The van der Waals surface area contributed by atoms with Crippen LogP contribution in [0.2, 0.25) is 0 Å². The maximum atomic E-state index is 14.5. The molecule has 0 aliphatic carbocycles. The molecule has 0 aromatic heterocycles. The number of hydrogen-bond acceptors (Lipinski definition) is 8. The maximum Gasteiger partial charge on any atom is 0.313 e. The molecule has 5 bridgehead atoms. The number of carbonyl (C=O) groups is 4. The first kappa shape index (κ1) is 27.9. The molecule has 11 nitrogen and oxygen atoms in total. The van der Waals surface area contributed by atoms with Gasteiger partial charge in [0.05, 0.1) is 25.7 Å². The Balaban J connectivity index is 1.57. The molecule has 6 atom stereocenters. The van der Waals surface area contributed by atoms with Gasteiger partial charge in [0, 0.05) is 31.8 Å². The summed E-state index contributed by atoms with van der Waals surface area (Å²) in [6.07, 6.45) is 6.75. The number of amides is 3. The van der Waals surface area contributed by atoms with E-state index in [0.29, 0.717) is 17.9 Å². The lowest BCUT2D eigenvalue weighted by Gasteiger charge is -2.36. The number of anilines is 1. The highest BCUT2D eigenvalue weighted by Crippen LogP contribution is 2.55. The normalized spacial score (nSPS) is 33.1. The van der Waals surface area contributed by atoms with Gasteiger partial charge in [-0.05, 0) is 44.0 Å². The molecule has 1 aromatic carbocycles. The highest BCUT2D eigenvalue weighted by atomic mass is 16.6. The molecule has 2 saturated heterocycles. The van der Waals surface area contributed by atoms with Gasteiger partial charge in [-0.3, -0.25) is 19.2 Å². The second-order valence-electron chi connectivity index (χ2n) is 10.5. The molecule has 0 unspecified atom stereocenters. The van der Waals surface area contributed by atoms with Crippen LogP contribution in [-0.2, 0) is 28.7 Å². The quantitative estimate of drug-likeness (QED) is 0.407. The number of esters is 1. The Morgan fingerprint density at radius 3 is 2.62 bits per heavy atom. The summed E-state index contributed by atoms with van der Waals surface area (Å²) in [5.74, 6) is -2.81. The fourth-order valence-electron chi connectivity index (χ4n) is 6.11. The van der Waals surface area contributed by atoms with Gasteiger partial charge in [-0.2, -0.15) is 0 Å². The number of likely N-dealkylation sites (tertiary alicyclic amines) is 1. The molecule has 1 aromatic rings. The number of hydrogen-bond donors (Lipinski definition) is 2. The van der Waals surface area contributed by atoms with E-state index >= 15 is 0 Å². The summed E-state index contributed by atoms with van der Waals surface area (Å²) in [7, 11) is 1.55. The molecule has 4 aliphatic heterocycles. The molecule has 3 amide bonds. The van der Waals surface area contributed by atoms with Crippen molar-refractivity contribution >= 4 is 29.4 Å². The molecule has 2 fully saturated rings. The number of fused-ring (bicyclic) bond motifs is 2. The van der Waals surface area contributed by atoms with Crippen LogP contribution in [0.5, 0.6) is 5.75 Å². The first-order chi connectivity index (χ1) is 19.3. The average molecular weight is 554 g/mol. The summed E-state index contributed by atoms with van der Waals surface area (Å²) in [6, 6.07) is 5.95. The fourth-order valence-corrected chi connectivity index (χ4v) is 6.11. The Kier molecular flexibility index (Phi) is 7.95. The van der Waals surface area contributed by atoms with Gasteiger partial charge in [-0.1, -0.05) is 24.3 Å². The van der Waals surface area contributed by atoms with E-state index in [4.69, 9.17) is 14.2 Å². The standard InChI is InChI=1S/C29H35N3O8/c1-18-17-30-22(34)7-4-3-5-14-31(19-8-10-20(38-2)11-9-19)27(36)25-29-13-12-21(40-29)23(28(37)39-18)24(29)26(35)32(25)15-6-16-33/h3,5,8-13,18,21,23-25,33H,4,6-7,14-17H2,1-2H3,(H,30,34)/b5-3-/t18-,21+,23-,24-,25+,29-/m0/s1. The lowest BCUT2D eigenvalue weighted by atomic mass is 9.74. The fraction of sp³-hybridized carbons (Fsp3) is 0.517. The van der Waals surface area contributed by atoms with Crippen molar-refractivity contribution in [2.75, 3.05) is 38.3 Å². The van der Waals surface area contributed by atoms with Crippen molar-refractivity contribution in [3.05, 3.63) is 48.6 Å². The van der Waals surface area contributed by atoms with E-state index in [1.165, 1.54) is 4.90 Å². The van der Waals surface area contributed by atoms with Crippen LogP contribution >= 0.6 is 0 Å². The van der Waals surface area contributed by atoms with Crippen LogP contribution in [0, 0.1) is 11.8 Å². The Hall–Kier alpha value is -3.70. The van der Waals surface area contributed by atoms with Crippen molar-refractivity contribution in [2.45, 2.75) is 50.0 Å². The van der Waals surface area contributed by atoms with Gasteiger partial charge in [-0.15, -0.1) is 0 Å². The number of aliphatic hydroxyl groups is 1. The smallest absolute Gasteiger partial charge is 0.313 e. The number of carbonyl (C=O) groups excluding carboxylic acids is 4. The minimum Gasteiger partial charge on any atom is -0.497 e. The zero-order valence-corrected chi connectivity index (χ0v) is 22.7. The number of nitrogens with zero attached hydrogens (tertiary/aromatic N) is 2. The third kappa shape index (κ3) is 4.88. The number of ether oxygens (including phenoxy) is 3. The summed E-state index contributed by atoms with van der Waals surface area (Å²) in [5, 5.41) is 12.3. The first-order valence-corrected chi connectivity index (χ1v) is 13.7. The Morgan fingerprint density at radius 2 is 1.90 bits per heavy atom. The van der Waals surface area contributed by atoms with E-state index in [9.17, 15) is 24.3 Å². The van der Waals surface area contributed by atoms with Crippen molar-refractivity contribution < 1.29 is 38.5 Å². The molecule has 4 aliphatic rings. The number of allylic oxidation sites excluding steroid dienone is 1. The van der Waals surface area contributed by atoms with Crippen LogP contribution in [0.3, 0.4) is 0 Å². The Bertz CT molecular complexity index is 1210. The van der Waals surface area contributed by atoms with Crippen molar-refractivity contribution in [1.29, 1.82) is 0 Å². The van der Waals surface area contributed by atoms with Crippen LogP contribution in [0.25, 0.3) is 0 Å². The van der Waals surface area contributed by atoms with Crippen molar-refractivity contribution in [3.63, 3.8) is 0 Å². The Morgan fingerprint density at radius 1 is 1.12 bits per heavy atom. The third-order valence-electron chi connectivity index (χ3n) is 7.98. The number of benzene rings is 1. The van der Waals surface area contributed by atoms with Crippen LogP contribution in [0.1, 0.15) is 26.2 Å². The number of nitrogens with one attached hydrogen (secondary N) is 1. The lowest BCUT2D eigenvalue weighted by Crippen LogP contribution is -2.56. The van der Waals surface area contributed by atoms with E-state index < -0.39 is 41.7 Å². The number of methoxy groups -OCH3 is 1. The van der Waals surface area contributed by atoms with Gasteiger partial charge in [-0.25, -0.2) is 0 Å². The molecule has 5 rings (SSSR count). The minimum absolute atomic E-state index is 0.127. The predicted octanol–water partition coefficient (Wildman–Crippen LogP) is 0.959. The van der Waals surface area contributed by atoms with Crippen molar-refractivity contribution in [3.8, 4) is 5.75 Å². The molecule has 0 radical (unpaired) electrons. The summed E-state index contributed by atoms with van der Waals surface area (Å²) in [5.41, 5.74) is -0.764. The van der Waals surface area contributed by atoms with E-state index in [-0.39, 0.29) is 56.8 Å². The molecule has 4 heterocycles. The number of aliphatic hydroxyl groups excluding tert-OH is 1. The van der Waals surface area contributed by atoms with Gasteiger partial charge in [0.15, 0.2) is 0 Å². The van der Waals surface area contributed by atoms with Gasteiger partial charge in [0.2, 0.25) is 11.8 Å². The van der Waals surface area contributed by atoms with E-state index in [1.54, 1.807) is 55.4 Å². The van der Waals surface area contributed by atoms with Crippen molar-refractivity contribution in [2.24, 2.45) is 11.8 Å². The largest absolute Gasteiger partial charge is 0.497 e. The Labute approximate surface area is 232 Å². The molecule has 11 heteroatoms. The second kappa shape index (κ2) is 11.4.